The van der Waals surface area contributed by atoms with Gasteiger partial charge in [0, 0.05) is 26.2 Å². The largest absolute Gasteiger partial charge is 0.394 e. The minimum Gasteiger partial charge on any atom is -0.394 e. The first-order valence-corrected chi connectivity index (χ1v) is 8.07. The van der Waals surface area contributed by atoms with Gasteiger partial charge in [-0.25, -0.2) is 9.78 Å². The Bertz CT molecular complexity index is 778. The van der Waals surface area contributed by atoms with E-state index in [2.05, 4.69) is 22.2 Å². The van der Waals surface area contributed by atoms with Crippen molar-refractivity contribution >= 4 is 28.5 Å². The molecule has 2 aromatic rings. The molecule has 0 bridgehead atoms. The molecule has 0 spiro atoms. The molecule has 7 nitrogen and oxygen atoms in total. The number of nitrogens with zero attached hydrogens (tertiary/aromatic N) is 4. The first-order chi connectivity index (χ1) is 11.0. The lowest BCUT2D eigenvalue weighted by Crippen LogP contribution is -2.58. The molecule has 1 saturated heterocycles. The fraction of sp³-hybridized carbons (Fsp3) is 0.533. The molecule has 3 rings (SSSR count). The molecule has 0 unspecified atom stereocenters. The molecule has 23 heavy (non-hydrogen) atoms. The summed E-state index contributed by atoms with van der Waals surface area (Å²) in [6, 6.07) is 3.55. The summed E-state index contributed by atoms with van der Waals surface area (Å²) >= 11 is 6.04. The molecule has 0 aromatic carbocycles. The number of nitrogens with one attached hydrogen (secondary N) is 1. The van der Waals surface area contributed by atoms with Crippen LogP contribution in [0, 0.1) is 0 Å². The Morgan fingerprint density at radius 2 is 2.22 bits per heavy atom. The van der Waals surface area contributed by atoms with Crippen LogP contribution < -0.4 is 15.9 Å². The minimum absolute atomic E-state index is 0.0254. The topological polar surface area (TPSA) is 83.3 Å². The summed E-state index contributed by atoms with van der Waals surface area (Å²) in [5.41, 5.74) is 0.905. The zero-order valence-corrected chi connectivity index (χ0v) is 13.9. The van der Waals surface area contributed by atoms with Crippen LogP contribution in [-0.4, -0.2) is 51.4 Å². The summed E-state index contributed by atoms with van der Waals surface area (Å²) < 4.78 is 1.45. The molecular weight excluding hydrogens is 318 g/mol. The predicted molar refractivity (Wildman–Crippen MR) is 90.1 cm³/mol. The number of piperazine rings is 1. The van der Waals surface area contributed by atoms with Gasteiger partial charge in [0.1, 0.15) is 10.7 Å². The first-order valence-electron chi connectivity index (χ1n) is 7.69. The van der Waals surface area contributed by atoms with Crippen molar-refractivity contribution in [3.8, 4) is 0 Å². The highest BCUT2D eigenvalue weighted by molar-refractivity contribution is 6.29. The van der Waals surface area contributed by atoms with Crippen molar-refractivity contribution in [2.45, 2.75) is 25.4 Å². The number of aliphatic hydroxyl groups excluding tert-OH is 1. The highest BCUT2D eigenvalue weighted by Crippen LogP contribution is 2.26. The number of hydrogen-bond acceptors (Lipinski definition) is 6. The van der Waals surface area contributed by atoms with Crippen molar-refractivity contribution in [3.63, 3.8) is 0 Å². The van der Waals surface area contributed by atoms with E-state index in [4.69, 9.17) is 11.6 Å². The molecule has 0 aliphatic carbocycles. The zero-order valence-electron chi connectivity index (χ0n) is 13.2. The second kappa shape index (κ2) is 6.43. The number of anilines is 1. The average molecular weight is 338 g/mol. The Labute approximate surface area is 138 Å². The van der Waals surface area contributed by atoms with E-state index in [1.165, 1.54) is 4.57 Å². The van der Waals surface area contributed by atoms with Gasteiger partial charge < -0.3 is 15.3 Å². The van der Waals surface area contributed by atoms with Gasteiger partial charge in [-0.2, -0.15) is 4.98 Å². The molecule has 124 valence electrons. The number of halogens is 1. The number of aryl methyl sites for hydroxylation is 1. The summed E-state index contributed by atoms with van der Waals surface area (Å²) in [5.74, 6) is 0.490. The molecule has 2 atom stereocenters. The molecule has 0 radical (unpaired) electrons. The van der Waals surface area contributed by atoms with E-state index in [0.717, 1.165) is 6.42 Å². The Hall–Kier alpha value is -1.70. The Morgan fingerprint density at radius 1 is 1.43 bits per heavy atom. The summed E-state index contributed by atoms with van der Waals surface area (Å²) in [6.07, 6.45) is 0.950. The molecule has 8 heteroatoms. The quantitative estimate of drug-likeness (QED) is 0.795. The average Bonchev–Trinajstić information content (AvgIpc) is 2.57. The van der Waals surface area contributed by atoms with Crippen molar-refractivity contribution < 1.29 is 5.11 Å². The van der Waals surface area contributed by atoms with Gasteiger partial charge in [-0.3, -0.25) is 4.57 Å². The normalized spacial score (nSPS) is 21.8. The predicted octanol–water partition coefficient (Wildman–Crippen LogP) is 0.531. The molecule has 1 fully saturated rings. The Kier molecular flexibility index (Phi) is 4.52. The summed E-state index contributed by atoms with van der Waals surface area (Å²) in [5, 5.41) is 13.4. The zero-order chi connectivity index (χ0) is 16.6. The van der Waals surface area contributed by atoms with Crippen molar-refractivity contribution in [2.24, 2.45) is 7.05 Å². The standard InChI is InChI=1S/C15H20ClN5O2/c1-3-9-7-21(10(8-22)6-17-9)14-13-11(4-5-12(16)18-13)20(2)15(23)19-14/h4-5,9-10,17,22H,3,6-8H2,1-2H3/t9-,10-/m1/s1. The first kappa shape index (κ1) is 16.2. The third kappa shape index (κ3) is 2.91. The fourth-order valence-corrected chi connectivity index (χ4v) is 3.09. The SMILES string of the molecule is CC[C@@H]1CN(c2nc(=O)n(C)c3ccc(Cl)nc23)[C@@H](CO)CN1. The lowest BCUT2D eigenvalue weighted by molar-refractivity contribution is 0.233. The maximum atomic E-state index is 12.2. The van der Waals surface area contributed by atoms with Crippen LogP contribution in [0.3, 0.4) is 0 Å². The van der Waals surface area contributed by atoms with Crippen LogP contribution >= 0.6 is 11.6 Å². The van der Waals surface area contributed by atoms with Crippen LogP contribution in [0.2, 0.25) is 5.15 Å². The van der Waals surface area contributed by atoms with E-state index in [-0.39, 0.29) is 24.4 Å². The van der Waals surface area contributed by atoms with Gasteiger partial charge in [-0.1, -0.05) is 18.5 Å². The lowest BCUT2D eigenvalue weighted by Gasteiger charge is -2.40. The van der Waals surface area contributed by atoms with E-state index >= 15 is 0 Å². The van der Waals surface area contributed by atoms with E-state index in [0.29, 0.717) is 35.1 Å². The Morgan fingerprint density at radius 3 is 2.91 bits per heavy atom. The third-order valence-corrected chi connectivity index (χ3v) is 4.59. The van der Waals surface area contributed by atoms with E-state index in [1.807, 2.05) is 4.90 Å². The number of hydrogen-bond donors (Lipinski definition) is 2. The van der Waals surface area contributed by atoms with Crippen LogP contribution in [0.4, 0.5) is 5.82 Å². The van der Waals surface area contributed by atoms with E-state index in [9.17, 15) is 9.90 Å². The summed E-state index contributed by atoms with van der Waals surface area (Å²) in [6.45, 7) is 3.36. The molecule has 3 heterocycles. The van der Waals surface area contributed by atoms with Crippen LogP contribution in [0.15, 0.2) is 16.9 Å². The van der Waals surface area contributed by atoms with Gasteiger partial charge in [0.15, 0.2) is 5.82 Å². The van der Waals surface area contributed by atoms with Gasteiger partial charge in [-0.05, 0) is 18.6 Å². The lowest BCUT2D eigenvalue weighted by atomic mass is 10.1. The second-order valence-corrected chi connectivity index (χ2v) is 6.17. The number of fused-ring (bicyclic) bond motifs is 1. The second-order valence-electron chi connectivity index (χ2n) is 5.78. The highest BCUT2D eigenvalue weighted by Gasteiger charge is 2.30. The van der Waals surface area contributed by atoms with Gasteiger partial charge in [0.05, 0.1) is 18.2 Å². The summed E-state index contributed by atoms with van der Waals surface area (Å²) in [7, 11) is 1.66. The van der Waals surface area contributed by atoms with E-state index < -0.39 is 0 Å². The maximum Gasteiger partial charge on any atom is 0.349 e. The number of aromatic nitrogens is 3. The summed E-state index contributed by atoms with van der Waals surface area (Å²) in [4.78, 5) is 22.8. The fourth-order valence-electron chi connectivity index (χ4n) is 2.94. The molecule has 2 N–H and O–H groups in total. The number of pyridine rings is 1. The van der Waals surface area contributed by atoms with Gasteiger partial charge in [-0.15, -0.1) is 0 Å². The smallest absolute Gasteiger partial charge is 0.349 e. The molecular formula is C15H20ClN5O2. The number of rotatable bonds is 3. The Balaban J connectivity index is 2.19. The monoisotopic (exact) mass is 337 g/mol. The van der Waals surface area contributed by atoms with Crippen molar-refractivity contribution in [3.05, 3.63) is 27.8 Å². The van der Waals surface area contributed by atoms with Crippen molar-refractivity contribution in [1.29, 1.82) is 0 Å². The van der Waals surface area contributed by atoms with E-state index in [1.54, 1.807) is 19.2 Å². The third-order valence-electron chi connectivity index (χ3n) is 4.38. The minimum atomic E-state index is -0.347. The molecule has 0 saturated carbocycles. The highest BCUT2D eigenvalue weighted by atomic mass is 35.5. The van der Waals surface area contributed by atoms with Crippen molar-refractivity contribution in [1.82, 2.24) is 19.9 Å². The van der Waals surface area contributed by atoms with Crippen molar-refractivity contribution in [2.75, 3.05) is 24.6 Å². The number of aliphatic hydroxyl groups is 1. The molecule has 1 aliphatic rings. The van der Waals surface area contributed by atoms with Crippen LogP contribution in [-0.2, 0) is 7.05 Å². The molecule has 0 amide bonds. The van der Waals surface area contributed by atoms with Gasteiger partial charge in [0.2, 0.25) is 0 Å². The molecule has 1 aliphatic heterocycles. The van der Waals surface area contributed by atoms with Gasteiger partial charge in [0.25, 0.3) is 0 Å². The van der Waals surface area contributed by atoms with Gasteiger partial charge >= 0.3 is 5.69 Å². The molecule has 2 aromatic heterocycles. The van der Waals surface area contributed by atoms with Crippen LogP contribution in [0.5, 0.6) is 0 Å². The van der Waals surface area contributed by atoms with Crippen LogP contribution in [0.25, 0.3) is 11.0 Å². The van der Waals surface area contributed by atoms with Crippen LogP contribution in [0.1, 0.15) is 13.3 Å². The maximum absolute atomic E-state index is 12.2.